The summed E-state index contributed by atoms with van der Waals surface area (Å²) in [5, 5.41) is 0.253. The number of benzene rings is 1. The standard InChI is InChI=1S/C12H17ClN4O2/c1-6(2)17(5-10(15)18)11-8(12(16)19)3-7(14)4-9(11)13/h3-4,6H,5,14H2,1-2H3,(H2,15,18)(H2,16,19). The molecule has 2 amide bonds. The zero-order chi connectivity index (χ0) is 14.7. The van der Waals surface area contributed by atoms with Gasteiger partial charge in [-0.05, 0) is 26.0 Å². The van der Waals surface area contributed by atoms with Gasteiger partial charge >= 0.3 is 0 Å². The number of carbonyl (C=O) groups excluding carboxylic acids is 2. The van der Waals surface area contributed by atoms with Crippen molar-refractivity contribution < 1.29 is 9.59 Å². The number of anilines is 2. The van der Waals surface area contributed by atoms with Crippen molar-refractivity contribution in [1.82, 2.24) is 0 Å². The van der Waals surface area contributed by atoms with E-state index in [-0.39, 0.29) is 23.2 Å². The summed E-state index contributed by atoms with van der Waals surface area (Å²) in [6.45, 7) is 3.63. The number of nitrogen functional groups attached to an aromatic ring is 1. The molecule has 0 saturated carbocycles. The number of nitrogens with zero attached hydrogens (tertiary/aromatic N) is 1. The SMILES string of the molecule is CC(C)N(CC(N)=O)c1c(Cl)cc(N)cc1C(N)=O. The average Bonchev–Trinajstić information content (AvgIpc) is 2.24. The highest BCUT2D eigenvalue weighted by molar-refractivity contribution is 6.34. The van der Waals surface area contributed by atoms with Gasteiger partial charge in [-0.3, -0.25) is 9.59 Å². The van der Waals surface area contributed by atoms with Crippen molar-refractivity contribution in [2.75, 3.05) is 17.2 Å². The molecule has 0 aromatic heterocycles. The van der Waals surface area contributed by atoms with E-state index in [4.69, 9.17) is 28.8 Å². The fourth-order valence-corrected chi connectivity index (χ4v) is 2.12. The number of hydrogen-bond acceptors (Lipinski definition) is 4. The van der Waals surface area contributed by atoms with Crippen molar-refractivity contribution in [1.29, 1.82) is 0 Å². The fourth-order valence-electron chi connectivity index (χ4n) is 1.79. The Morgan fingerprint density at radius 1 is 1.32 bits per heavy atom. The minimum absolute atomic E-state index is 0.0679. The smallest absolute Gasteiger partial charge is 0.250 e. The summed E-state index contributed by atoms with van der Waals surface area (Å²) in [6, 6.07) is 2.84. The lowest BCUT2D eigenvalue weighted by atomic mass is 10.1. The molecule has 1 aromatic carbocycles. The van der Waals surface area contributed by atoms with Gasteiger partial charge in [0.05, 0.1) is 22.8 Å². The van der Waals surface area contributed by atoms with Gasteiger partial charge in [0, 0.05) is 11.7 Å². The molecule has 19 heavy (non-hydrogen) atoms. The Kier molecular flexibility index (Phi) is 4.61. The Morgan fingerprint density at radius 2 is 1.89 bits per heavy atom. The van der Waals surface area contributed by atoms with Gasteiger partial charge in [0.25, 0.3) is 5.91 Å². The maximum Gasteiger partial charge on any atom is 0.250 e. The molecule has 0 atom stereocenters. The van der Waals surface area contributed by atoms with Crippen molar-refractivity contribution in [3.05, 3.63) is 22.7 Å². The van der Waals surface area contributed by atoms with Crippen LogP contribution in [0, 0.1) is 0 Å². The van der Waals surface area contributed by atoms with Crippen LogP contribution in [0.1, 0.15) is 24.2 Å². The number of primary amides is 2. The van der Waals surface area contributed by atoms with Crippen LogP contribution in [0.4, 0.5) is 11.4 Å². The summed E-state index contributed by atoms with van der Waals surface area (Å²) in [7, 11) is 0. The van der Waals surface area contributed by atoms with Gasteiger partial charge in [-0.1, -0.05) is 11.6 Å². The summed E-state index contributed by atoms with van der Waals surface area (Å²) in [6.07, 6.45) is 0. The maximum absolute atomic E-state index is 11.5. The van der Waals surface area contributed by atoms with Crippen molar-refractivity contribution in [2.45, 2.75) is 19.9 Å². The molecule has 6 nitrogen and oxygen atoms in total. The van der Waals surface area contributed by atoms with E-state index in [1.165, 1.54) is 12.1 Å². The van der Waals surface area contributed by atoms with Crippen molar-refractivity contribution in [3.63, 3.8) is 0 Å². The predicted octanol–water partition coefficient (Wildman–Crippen LogP) is 0.721. The van der Waals surface area contributed by atoms with Gasteiger partial charge in [0.15, 0.2) is 0 Å². The van der Waals surface area contributed by atoms with Crippen LogP contribution >= 0.6 is 11.6 Å². The third-order valence-electron chi connectivity index (χ3n) is 2.59. The monoisotopic (exact) mass is 284 g/mol. The second kappa shape index (κ2) is 5.79. The van der Waals surface area contributed by atoms with Crippen LogP contribution in [0.2, 0.25) is 5.02 Å². The highest BCUT2D eigenvalue weighted by Crippen LogP contribution is 2.33. The molecule has 0 unspecified atom stereocenters. The second-order valence-corrected chi connectivity index (χ2v) is 4.86. The van der Waals surface area contributed by atoms with Crippen LogP contribution in [0.3, 0.4) is 0 Å². The Bertz CT molecular complexity index is 517. The van der Waals surface area contributed by atoms with Crippen molar-refractivity contribution in [3.8, 4) is 0 Å². The summed E-state index contributed by atoms with van der Waals surface area (Å²) in [4.78, 5) is 24.3. The lowest BCUT2D eigenvalue weighted by molar-refractivity contribution is -0.116. The summed E-state index contributed by atoms with van der Waals surface area (Å²) >= 11 is 6.12. The average molecular weight is 285 g/mol. The van der Waals surface area contributed by atoms with Gasteiger partial charge in [-0.25, -0.2) is 0 Å². The Labute approximate surface area is 116 Å². The van der Waals surface area contributed by atoms with Crippen LogP contribution in [0.25, 0.3) is 0 Å². The largest absolute Gasteiger partial charge is 0.399 e. The van der Waals surface area contributed by atoms with Crippen LogP contribution in [0.5, 0.6) is 0 Å². The van der Waals surface area contributed by atoms with E-state index >= 15 is 0 Å². The molecule has 0 aliphatic heterocycles. The van der Waals surface area contributed by atoms with E-state index < -0.39 is 11.8 Å². The quantitative estimate of drug-likeness (QED) is 0.691. The van der Waals surface area contributed by atoms with E-state index in [9.17, 15) is 9.59 Å². The molecule has 0 radical (unpaired) electrons. The first-order valence-electron chi connectivity index (χ1n) is 5.67. The number of halogens is 1. The molecule has 0 bridgehead atoms. The molecule has 6 N–H and O–H groups in total. The van der Waals surface area contributed by atoms with Gasteiger partial charge in [0.2, 0.25) is 5.91 Å². The molecular weight excluding hydrogens is 268 g/mol. The minimum Gasteiger partial charge on any atom is -0.399 e. The first-order chi connectivity index (χ1) is 8.73. The van der Waals surface area contributed by atoms with Gasteiger partial charge in [-0.15, -0.1) is 0 Å². The molecule has 0 saturated heterocycles. The lowest BCUT2D eigenvalue weighted by Gasteiger charge is -2.30. The van der Waals surface area contributed by atoms with Gasteiger partial charge in [-0.2, -0.15) is 0 Å². The molecule has 0 fully saturated rings. The number of amides is 2. The molecule has 0 heterocycles. The van der Waals surface area contributed by atoms with Crippen molar-refractivity contribution in [2.24, 2.45) is 11.5 Å². The van der Waals surface area contributed by atoms with E-state index in [1.54, 1.807) is 4.90 Å². The van der Waals surface area contributed by atoms with E-state index in [0.29, 0.717) is 11.4 Å². The van der Waals surface area contributed by atoms with Crippen LogP contribution in [0.15, 0.2) is 12.1 Å². The zero-order valence-corrected chi connectivity index (χ0v) is 11.6. The summed E-state index contributed by atoms with van der Waals surface area (Å²) in [5.41, 5.74) is 17.0. The second-order valence-electron chi connectivity index (χ2n) is 4.45. The number of carbonyl (C=O) groups is 2. The van der Waals surface area contributed by atoms with Gasteiger partial charge in [0.1, 0.15) is 0 Å². The number of nitrogens with two attached hydrogens (primary N) is 3. The van der Waals surface area contributed by atoms with E-state index in [2.05, 4.69) is 0 Å². The minimum atomic E-state index is -0.667. The summed E-state index contributed by atoms with van der Waals surface area (Å²) < 4.78 is 0. The first-order valence-corrected chi connectivity index (χ1v) is 6.05. The highest BCUT2D eigenvalue weighted by atomic mass is 35.5. The highest BCUT2D eigenvalue weighted by Gasteiger charge is 2.22. The Morgan fingerprint density at radius 3 is 2.32 bits per heavy atom. The molecule has 0 aliphatic rings. The molecule has 7 heteroatoms. The predicted molar refractivity (Wildman–Crippen MR) is 76.1 cm³/mol. The van der Waals surface area contributed by atoms with Crippen LogP contribution < -0.4 is 22.1 Å². The normalized spacial score (nSPS) is 10.5. The third kappa shape index (κ3) is 3.51. The summed E-state index contributed by atoms with van der Waals surface area (Å²) in [5.74, 6) is -1.20. The Hall–Kier alpha value is -1.95. The zero-order valence-electron chi connectivity index (χ0n) is 10.8. The number of rotatable bonds is 5. The third-order valence-corrected chi connectivity index (χ3v) is 2.88. The Balaban J connectivity index is 3.44. The first kappa shape index (κ1) is 15.1. The van der Waals surface area contributed by atoms with E-state index in [1.807, 2.05) is 13.8 Å². The molecule has 0 aliphatic carbocycles. The maximum atomic E-state index is 11.5. The van der Waals surface area contributed by atoms with Crippen LogP contribution in [-0.4, -0.2) is 24.4 Å². The molecular formula is C12H17ClN4O2. The fraction of sp³-hybridized carbons (Fsp3) is 0.333. The molecule has 0 spiro atoms. The lowest BCUT2D eigenvalue weighted by Crippen LogP contribution is -2.40. The van der Waals surface area contributed by atoms with Crippen LogP contribution in [-0.2, 0) is 4.79 Å². The van der Waals surface area contributed by atoms with Crippen molar-refractivity contribution >= 4 is 34.8 Å². The topological polar surface area (TPSA) is 115 Å². The molecule has 104 valence electrons. The van der Waals surface area contributed by atoms with Gasteiger partial charge < -0.3 is 22.1 Å². The molecule has 1 rings (SSSR count). The van der Waals surface area contributed by atoms with E-state index in [0.717, 1.165) is 0 Å². The number of hydrogen-bond donors (Lipinski definition) is 3. The molecule has 1 aromatic rings.